The van der Waals surface area contributed by atoms with Crippen molar-refractivity contribution in [3.8, 4) is 5.75 Å². The van der Waals surface area contributed by atoms with Crippen LogP contribution in [0, 0.1) is 5.92 Å². The third kappa shape index (κ3) is 5.69. The minimum absolute atomic E-state index is 0. The molecule has 1 aromatic rings. The van der Waals surface area contributed by atoms with E-state index in [4.69, 9.17) is 4.74 Å². The van der Waals surface area contributed by atoms with Crippen molar-refractivity contribution in [1.29, 1.82) is 0 Å². The van der Waals surface area contributed by atoms with Gasteiger partial charge in [-0.3, -0.25) is 4.68 Å². The largest absolute Gasteiger partial charge is 0.490 e. The molecule has 1 N–H and O–H groups in total. The standard InChI is InChI=1S/C11H16F3N3O.ClH/c12-11(13,14)8-17-6-10(5-16-17)18-7-9-1-3-15-4-2-9;/h5-6,9,15H,1-4,7-8H2;1H. The van der Waals surface area contributed by atoms with Crippen molar-refractivity contribution < 1.29 is 17.9 Å². The molecule has 110 valence electrons. The lowest BCUT2D eigenvalue weighted by molar-refractivity contribution is -0.142. The van der Waals surface area contributed by atoms with Gasteiger partial charge in [-0.2, -0.15) is 18.3 Å². The maximum absolute atomic E-state index is 12.1. The average molecular weight is 300 g/mol. The van der Waals surface area contributed by atoms with Crippen molar-refractivity contribution in [2.75, 3.05) is 19.7 Å². The monoisotopic (exact) mass is 299 g/mol. The first-order chi connectivity index (χ1) is 8.53. The highest BCUT2D eigenvalue weighted by Gasteiger charge is 2.28. The van der Waals surface area contributed by atoms with Gasteiger partial charge in [0.1, 0.15) is 6.54 Å². The Morgan fingerprint density at radius 2 is 2.05 bits per heavy atom. The summed E-state index contributed by atoms with van der Waals surface area (Å²) < 4.78 is 42.7. The molecule has 1 saturated heterocycles. The van der Waals surface area contributed by atoms with Gasteiger partial charge in [0.15, 0.2) is 5.75 Å². The first kappa shape index (κ1) is 16.1. The number of alkyl halides is 3. The van der Waals surface area contributed by atoms with Gasteiger partial charge in [0.05, 0.1) is 19.0 Å². The van der Waals surface area contributed by atoms with Crippen molar-refractivity contribution in [3.05, 3.63) is 12.4 Å². The summed E-state index contributed by atoms with van der Waals surface area (Å²) in [6.45, 7) is 1.41. The molecule has 0 aliphatic carbocycles. The van der Waals surface area contributed by atoms with Crippen LogP contribution in [-0.4, -0.2) is 35.7 Å². The minimum atomic E-state index is -4.25. The van der Waals surface area contributed by atoms with E-state index in [1.165, 1.54) is 12.4 Å². The summed E-state index contributed by atoms with van der Waals surface area (Å²) >= 11 is 0. The van der Waals surface area contributed by atoms with Crippen molar-refractivity contribution in [2.45, 2.75) is 25.6 Å². The molecule has 0 radical (unpaired) electrons. The fourth-order valence-corrected chi connectivity index (χ4v) is 1.95. The Kier molecular flexibility index (Phi) is 5.93. The highest BCUT2D eigenvalue weighted by molar-refractivity contribution is 5.85. The first-order valence-corrected chi connectivity index (χ1v) is 5.96. The molecule has 1 aromatic heterocycles. The van der Waals surface area contributed by atoms with E-state index in [1.54, 1.807) is 0 Å². The van der Waals surface area contributed by atoms with E-state index >= 15 is 0 Å². The zero-order valence-corrected chi connectivity index (χ0v) is 11.1. The van der Waals surface area contributed by atoms with E-state index < -0.39 is 12.7 Å². The zero-order valence-electron chi connectivity index (χ0n) is 10.3. The third-order valence-electron chi connectivity index (χ3n) is 2.90. The molecule has 1 aliphatic rings. The van der Waals surface area contributed by atoms with Crippen LogP contribution in [0.3, 0.4) is 0 Å². The average Bonchev–Trinajstić information content (AvgIpc) is 2.73. The molecule has 0 aromatic carbocycles. The summed E-state index contributed by atoms with van der Waals surface area (Å²) in [7, 11) is 0. The number of ether oxygens (including phenoxy) is 1. The predicted octanol–water partition coefficient (Wildman–Crippen LogP) is 2.25. The Labute approximate surface area is 115 Å². The Hall–Kier alpha value is -0.950. The van der Waals surface area contributed by atoms with Crippen LogP contribution in [0.25, 0.3) is 0 Å². The molecule has 0 unspecified atom stereocenters. The van der Waals surface area contributed by atoms with Gasteiger partial charge in [-0.15, -0.1) is 12.4 Å². The van der Waals surface area contributed by atoms with E-state index in [0.717, 1.165) is 30.6 Å². The van der Waals surface area contributed by atoms with E-state index in [-0.39, 0.29) is 12.4 Å². The van der Waals surface area contributed by atoms with Crippen LogP contribution in [0.1, 0.15) is 12.8 Å². The maximum atomic E-state index is 12.1. The molecule has 8 heteroatoms. The van der Waals surface area contributed by atoms with Gasteiger partial charge < -0.3 is 10.1 Å². The van der Waals surface area contributed by atoms with Crippen LogP contribution in [0.15, 0.2) is 12.4 Å². The van der Waals surface area contributed by atoms with Crippen LogP contribution < -0.4 is 10.1 Å². The Bertz CT molecular complexity index is 378. The topological polar surface area (TPSA) is 39.1 Å². The van der Waals surface area contributed by atoms with Crippen molar-refractivity contribution in [1.82, 2.24) is 15.1 Å². The van der Waals surface area contributed by atoms with Crippen LogP contribution in [0.5, 0.6) is 5.75 Å². The summed E-state index contributed by atoms with van der Waals surface area (Å²) in [5, 5.41) is 6.87. The predicted molar refractivity (Wildman–Crippen MR) is 66.6 cm³/mol. The lowest BCUT2D eigenvalue weighted by Crippen LogP contribution is -2.30. The summed E-state index contributed by atoms with van der Waals surface area (Å²) in [4.78, 5) is 0. The number of nitrogens with zero attached hydrogens (tertiary/aromatic N) is 2. The van der Waals surface area contributed by atoms with Gasteiger partial charge in [-0.05, 0) is 31.8 Å². The Balaban J connectivity index is 0.00000180. The van der Waals surface area contributed by atoms with Crippen LogP contribution in [-0.2, 0) is 6.54 Å². The zero-order chi connectivity index (χ0) is 13.0. The van der Waals surface area contributed by atoms with Crippen LogP contribution in [0.2, 0.25) is 0 Å². The van der Waals surface area contributed by atoms with E-state index in [2.05, 4.69) is 10.4 Å². The van der Waals surface area contributed by atoms with Gasteiger partial charge >= 0.3 is 6.18 Å². The third-order valence-corrected chi connectivity index (χ3v) is 2.90. The molecular weight excluding hydrogens is 283 g/mol. The molecule has 0 bridgehead atoms. The second kappa shape index (κ2) is 7.00. The summed E-state index contributed by atoms with van der Waals surface area (Å²) in [5.74, 6) is 0.870. The smallest absolute Gasteiger partial charge is 0.408 e. The van der Waals surface area contributed by atoms with Crippen LogP contribution >= 0.6 is 12.4 Å². The second-order valence-electron chi connectivity index (χ2n) is 4.49. The number of nitrogens with one attached hydrogen (secondary N) is 1. The number of hydrogen-bond donors (Lipinski definition) is 1. The normalized spacial score (nSPS) is 17.0. The molecular formula is C11H17ClF3N3O. The number of hydrogen-bond acceptors (Lipinski definition) is 3. The fourth-order valence-electron chi connectivity index (χ4n) is 1.95. The summed E-state index contributed by atoms with van der Waals surface area (Å²) in [6, 6.07) is 0. The molecule has 4 nitrogen and oxygen atoms in total. The van der Waals surface area contributed by atoms with E-state index in [1.807, 2.05) is 0 Å². The number of aromatic nitrogens is 2. The lowest BCUT2D eigenvalue weighted by atomic mass is 9.99. The SMILES string of the molecule is Cl.FC(F)(F)Cn1cc(OCC2CCNCC2)cn1. The quantitative estimate of drug-likeness (QED) is 0.927. The van der Waals surface area contributed by atoms with Gasteiger partial charge in [0, 0.05) is 0 Å². The second-order valence-corrected chi connectivity index (χ2v) is 4.49. The molecule has 0 atom stereocenters. The molecule has 19 heavy (non-hydrogen) atoms. The van der Waals surface area contributed by atoms with E-state index in [0.29, 0.717) is 18.3 Å². The summed E-state index contributed by atoms with van der Waals surface area (Å²) in [5.41, 5.74) is 0. The Morgan fingerprint density at radius 3 is 2.68 bits per heavy atom. The first-order valence-electron chi connectivity index (χ1n) is 5.96. The summed E-state index contributed by atoms with van der Waals surface area (Å²) in [6.07, 6.45) is 0.438. The molecule has 2 heterocycles. The lowest BCUT2D eigenvalue weighted by Gasteiger charge is -2.22. The highest BCUT2D eigenvalue weighted by Crippen LogP contribution is 2.19. The number of halogens is 4. The van der Waals surface area contributed by atoms with Crippen molar-refractivity contribution in [3.63, 3.8) is 0 Å². The molecule has 2 rings (SSSR count). The molecule has 0 amide bonds. The number of rotatable bonds is 4. The van der Waals surface area contributed by atoms with Gasteiger partial charge in [-0.1, -0.05) is 0 Å². The molecule has 0 spiro atoms. The van der Waals surface area contributed by atoms with Crippen LogP contribution in [0.4, 0.5) is 13.2 Å². The van der Waals surface area contributed by atoms with Gasteiger partial charge in [-0.25, -0.2) is 0 Å². The number of piperidine rings is 1. The van der Waals surface area contributed by atoms with E-state index in [9.17, 15) is 13.2 Å². The highest BCUT2D eigenvalue weighted by atomic mass is 35.5. The van der Waals surface area contributed by atoms with Crippen molar-refractivity contribution >= 4 is 12.4 Å². The molecule has 1 fully saturated rings. The minimum Gasteiger partial charge on any atom is -0.490 e. The molecule has 1 aliphatic heterocycles. The maximum Gasteiger partial charge on any atom is 0.408 e. The van der Waals surface area contributed by atoms with Gasteiger partial charge in [0.2, 0.25) is 0 Å². The van der Waals surface area contributed by atoms with Crippen molar-refractivity contribution in [2.24, 2.45) is 5.92 Å². The fraction of sp³-hybridized carbons (Fsp3) is 0.727. The Morgan fingerprint density at radius 1 is 1.37 bits per heavy atom. The molecule has 0 saturated carbocycles. The van der Waals surface area contributed by atoms with Gasteiger partial charge in [0.25, 0.3) is 0 Å².